The number of hydrogen-bond acceptors (Lipinski definition) is 5. The van der Waals surface area contributed by atoms with Crippen LogP contribution in [-0.2, 0) is 6.61 Å². The number of ether oxygens (including phenoxy) is 2. The van der Waals surface area contributed by atoms with Crippen molar-refractivity contribution >= 4 is 22.9 Å². The summed E-state index contributed by atoms with van der Waals surface area (Å²) in [6.07, 6.45) is 0. The summed E-state index contributed by atoms with van der Waals surface area (Å²) in [7, 11) is 1.56. The summed E-state index contributed by atoms with van der Waals surface area (Å²) in [6, 6.07) is 14.8. The van der Waals surface area contributed by atoms with Gasteiger partial charge in [-0.05, 0) is 37.3 Å². The minimum Gasteiger partial charge on any atom is -0.493 e. The number of aromatic nitrogens is 1. The average Bonchev–Trinajstić information content (AvgIpc) is 3.21. The lowest BCUT2D eigenvalue weighted by atomic mass is 10.1. The SMILES string of the molecule is CCN(C(=O)c1ccc(OCc2cscn2)c(OC)c1)c1ccccc1. The van der Waals surface area contributed by atoms with E-state index >= 15 is 0 Å². The first-order chi connectivity index (χ1) is 12.7. The van der Waals surface area contributed by atoms with Crippen LogP contribution in [0.4, 0.5) is 5.69 Å². The minimum atomic E-state index is -0.0805. The van der Waals surface area contributed by atoms with Crippen LogP contribution in [0.2, 0.25) is 0 Å². The number of rotatable bonds is 7. The van der Waals surface area contributed by atoms with Gasteiger partial charge in [0.25, 0.3) is 5.91 Å². The maximum atomic E-state index is 12.9. The second-order valence-corrected chi connectivity index (χ2v) is 6.24. The van der Waals surface area contributed by atoms with E-state index in [-0.39, 0.29) is 5.91 Å². The third kappa shape index (κ3) is 4.03. The van der Waals surface area contributed by atoms with Crippen molar-refractivity contribution in [2.75, 3.05) is 18.6 Å². The Morgan fingerprint density at radius 3 is 2.62 bits per heavy atom. The van der Waals surface area contributed by atoms with Crippen molar-refractivity contribution in [3.63, 3.8) is 0 Å². The zero-order valence-corrected chi connectivity index (χ0v) is 15.5. The molecule has 0 bridgehead atoms. The Morgan fingerprint density at radius 1 is 1.15 bits per heavy atom. The van der Waals surface area contributed by atoms with Crippen molar-refractivity contribution in [2.24, 2.45) is 0 Å². The summed E-state index contributed by atoms with van der Waals surface area (Å²) in [5.74, 6) is 1.03. The van der Waals surface area contributed by atoms with E-state index in [4.69, 9.17) is 9.47 Å². The molecule has 0 unspecified atom stereocenters. The molecule has 0 fully saturated rings. The van der Waals surface area contributed by atoms with Crippen LogP contribution in [0, 0.1) is 0 Å². The number of hydrogen-bond donors (Lipinski definition) is 0. The molecule has 1 amide bonds. The molecule has 0 aliphatic carbocycles. The standard InChI is InChI=1S/C20H20N2O3S/c1-3-22(17-7-5-4-6-8-17)20(23)15-9-10-18(19(11-15)24-2)25-12-16-13-26-14-21-16/h4-11,13-14H,3,12H2,1-2H3. The van der Waals surface area contributed by atoms with Gasteiger partial charge in [-0.1, -0.05) is 18.2 Å². The lowest BCUT2D eigenvalue weighted by Gasteiger charge is -2.21. The molecule has 0 atom stereocenters. The maximum absolute atomic E-state index is 12.9. The number of carbonyl (C=O) groups is 1. The molecule has 0 saturated carbocycles. The van der Waals surface area contributed by atoms with Crippen molar-refractivity contribution in [1.29, 1.82) is 0 Å². The quantitative estimate of drug-likeness (QED) is 0.620. The second-order valence-electron chi connectivity index (χ2n) is 5.52. The zero-order valence-electron chi connectivity index (χ0n) is 14.7. The van der Waals surface area contributed by atoms with Crippen LogP contribution in [0.15, 0.2) is 59.4 Å². The third-order valence-electron chi connectivity index (χ3n) is 3.90. The lowest BCUT2D eigenvalue weighted by molar-refractivity contribution is 0.0988. The summed E-state index contributed by atoms with van der Waals surface area (Å²) in [6.45, 7) is 2.89. The van der Waals surface area contributed by atoms with Gasteiger partial charge in [-0.25, -0.2) is 4.98 Å². The van der Waals surface area contributed by atoms with Crippen molar-refractivity contribution in [3.8, 4) is 11.5 Å². The molecule has 3 aromatic rings. The molecule has 0 radical (unpaired) electrons. The first-order valence-electron chi connectivity index (χ1n) is 8.27. The molecule has 0 saturated heterocycles. The highest BCUT2D eigenvalue weighted by Gasteiger charge is 2.18. The fraction of sp³-hybridized carbons (Fsp3) is 0.200. The maximum Gasteiger partial charge on any atom is 0.258 e. The van der Waals surface area contributed by atoms with Gasteiger partial charge in [-0.15, -0.1) is 11.3 Å². The van der Waals surface area contributed by atoms with Gasteiger partial charge in [-0.2, -0.15) is 0 Å². The molecule has 2 aromatic carbocycles. The van der Waals surface area contributed by atoms with E-state index < -0.39 is 0 Å². The lowest BCUT2D eigenvalue weighted by Crippen LogP contribution is -2.30. The summed E-state index contributed by atoms with van der Waals surface area (Å²) in [5.41, 5.74) is 4.04. The molecule has 0 spiro atoms. The van der Waals surface area contributed by atoms with Gasteiger partial charge < -0.3 is 14.4 Å². The van der Waals surface area contributed by atoms with Crippen molar-refractivity contribution in [1.82, 2.24) is 4.98 Å². The van der Waals surface area contributed by atoms with Gasteiger partial charge in [0.2, 0.25) is 0 Å². The molecule has 6 heteroatoms. The third-order valence-corrected chi connectivity index (χ3v) is 4.53. The zero-order chi connectivity index (χ0) is 18.4. The largest absolute Gasteiger partial charge is 0.493 e. The highest BCUT2D eigenvalue weighted by molar-refractivity contribution is 7.07. The van der Waals surface area contributed by atoms with E-state index in [0.29, 0.717) is 30.2 Å². The van der Waals surface area contributed by atoms with Crippen LogP contribution in [0.25, 0.3) is 0 Å². The predicted octanol–water partition coefficient (Wildman–Crippen LogP) is 4.40. The highest BCUT2D eigenvalue weighted by atomic mass is 32.1. The number of benzene rings is 2. The minimum absolute atomic E-state index is 0.0805. The Kier molecular flexibility index (Phi) is 5.86. The van der Waals surface area contributed by atoms with Crippen LogP contribution >= 0.6 is 11.3 Å². The summed E-state index contributed by atoms with van der Waals surface area (Å²) in [4.78, 5) is 18.8. The number of methoxy groups -OCH3 is 1. The van der Waals surface area contributed by atoms with Crippen molar-refractivity contribution in [3.05, 3.63) is 70.7 Å². The van der Waals surface area contributed by atoms with E-state index in [1.165, 1.54) is 11.3 Å². The van der Waals surface area contributed by atoms with E-state index in [1.54, 1.807) is 35.7 Å². The van der Waals surface area contributed by atoms with Gasteiger partial charge in [-0.3, -0.25) is 4.79 Å². The van der Waals surface area contributed by atoms with Crippen molar-refractivity contribution < 1.29 is 14.3 Å². The Morgan fingerprint density at radius 2 is 1.96 bits per heavy atom. The number of para-hydroxylation sites is 1. The first-order valence-corrected chi connectivity index (χ1v) is 9.22. The number of thiazole rings is 1. The van der Waals surface area contributed by atoms with Gasteiger partial charge in [0.05, 0.1) is 18.3 Å². The highest BCUT2D eigenvalue weighted by Crippen LogP contribution is 2.30. The topological polar surface area (TPSA) is 51.7 Å². The van der Waals surface area contributed by atoms with E-state index in [2.05, 4.69) is 4.98 Å². The number of anilines is 1. The molecule has 0 aliphatic rings. The first kappa shape index (κ1) is 17.9. The van der Waals surface area contributed by atoms with Gasteiger partial charge >= 0.3 is 0 Å². The van der Waals surface area contributed by atoms with Gasteiger partial charge in [0.1, 0.15) is 6.61 Å². The Hall–Kier alpha value is -2.86. The van der Waals surface area contributed by atoms with Gasteiger partial charge in [0.15, 0.2) is 11.5 Å². The number of nitrogens with zero attached hydrogens (tertiary/aromatic N) is 2. The smallest absolute Gasteiger partial charge is 0.258 e. The Bertz CT molecular complexity index is 851. The second kappa shape index (κ2) is 8.49. The van der Waals surface area contributed by atoms with Crippen molar-refractivity contribution in [2.45, 2.75) is 13.5 Å². The number of amides is 1. The molecule has 3 rings (SSSR count). The Labute approximate surface area is 156 Å². The predicted molar refractivity (Wildman–Crippen MR) is 103 cm³/mol. The monoisotopic (exact) mass is 368 g/mol. The van der Waals surface area contributed by atoms with Crippen LogP contribution in [0.3, 0.4) is 0 Å². The summed E-state index contributed by atoms with van der Waals surface area (Å²) in [5, 5.41) is 1.93. The average molecular weight is 368 g/mol. The number of carbonyl (C=O) groups excluding carboxylic acids is 1. The molecule has 1 aromatic heterocycles. The van der Waals surface area contributed by atoms with Gasteiger partial charge in [0, 0.05) is 23.2 Å². The molecule has 0 N–H and O–H groups in total. The molecule has 1 heterocycles. The summed E-state index contributed by atoms with van der Waals surface area (Å²) < 4.78 is 11.2. The van der Waals surface area contributed by atoms with E-state index in [1.807, 2.05) is 42.6 Å². The van der Waals surface area contributed by atoms with Crippen LogP contribution in [0.1, 0.15) is 23.0 Å². The van der Waals surface area contributed by atoms with Crippen LogP contribution in [0.5, 0.6) is 11.5 Å². The molecule has 0 aliphatic heterocycles. The fourth-order valence-corrected chi connectivity index (χ4v) is 3.13. The molecule has 26 heavy (non-hydrogen) atoms. The molecular weight excluding hydrogens is 348 g/mol. The van der Waals surface area contributed by atoms with Crippen LogP contribution < -0.4 is 14.4 Å². The Balaban J connectivity index is 1.80. The molecule has 5 nitrogen and oxygen atoms in total. The fourth-order valence-electron chi connectivity index (χ4n) is 2.59. The molecular formula is C20H20N2O3S. The van der Waals surface area contributed by atoms with E-state index in [0.717, 1.165) is 11.4 Å². The normalized spacial score (nSPS) is 10.4. The van der Waals surface area contributed by atoms with E-state index in [9.17, 15) is 4.79 Å². The summed E-state index contributed by atoms with van der Waals surface area (Å²) >= 11 is 1.52. The van der Waals surface area contributed by atoms with Crippen LogP contribution in [-0.4, -0.2) is 24.5 Å². The molecule has 134 valence electrons.